The summed E-state index contributed by atoms with van der Waals surface area (Å²) in [5.74, 6) is -0.962. The van der Waals surface area contributed by atoms with E-state index < -0.39 is 5.97 Å². The zero-order valence-corrected chi connectivity index (χ0v) is 11.8. The van der Waals surface area contributed by atoms with Gasteiger partial charge in [0.25, 0.3) is 0 Å². The van der Waals surface area contributed by atoms with Crippen molar-refractivity contribution < 1.29 is 42.3 Å². The number of pyridine rings is 2. The minimum Gasteiger partial charge on any atom is -0.508 e. The van der Waals surface area contributed by atoms with Gasteiger partial charge >= 0.3 is 5.97 Å². The maximum absolute atomic E-state index is 10.8. The van der Waals surface area contributed by atoms with E-state index >= 15 is 0 Å². The number of nitrogens with zero attached hydrogens (tertiary/aromatic N) is 2. The van der Waals surface area contributed by atoms with E-state index in [2.05, 4.69) is 9.97 Å². The molecule has 1 radical (unpaired) electrons. The Labute approximate surface area is 131 Å². The van der Waals surface area contributed by atoms with E-state index in [-0.39, 0.29) is 41.6 Å². The van der Waals surface area contributed by atoms with Gasteiger partial charge < -0.3 is 20.4 Å². The van der Waals surface area contributed by atoms with Gasteiger partial charge in [-0.3, -0.25) is 9.97 Å². The van der Waals surface area contributed by atoms with E-state index in [1.165, 1.54) is 36.7 Å². The quantitative estimate of drug-likeness (QED) is 0.597. The van der Waals surface area contributed by atoms with Crippen LogP contribution in [-0.2, 0) is 17.1 Å². The number of aromatic carboxylic acids is 1. The summed E-state index contributed by atoms with van der Waals surface area (Å²) in [6.45, 7) is 0.472. The first-order valence-corrected chi connectivity index (χ1v) is 5.72. The Morgan fingerprint density at radius 2 is 1.57 bits per heavy atom. The van der Waals surface area contributed by atoms with Crippen LogP contribution < -0.4 is 0 Å². The topological polar surface area (TPSA) is 129 Å². The first-order chi connectivity index (χ1) is 9.58. The average Bonchev–Trinajstić information content (AvgIpc) is 2.47. The molecule has 117 valence electrons. The first kappa shape index (κ1) is 19.0. The smallest absolute Gasteiger partial charge is 0.335 e. The van der Waals surface area contributed by atoms with Crippen LogP contribution in [0.3, 0.4) is 0 Å². The van der Waals surface area contributed by atoms with Gasteiger partial charge in [-0.25, -0.2) is 4.79 Å². The van der Waals surface area contributed by atoms with E-state index in [4.69, 9.17) is 15.3 Å². The molecule has 0 aliphatic carbocycles. The molecule has 21 heavy (non-hydrogen) atoms. The summed E-state index contributed by atoms with van der Waals surface area (Å²) >= 11 is 0. The summed E-state index contributed by atoms with van der Waals surface area (Å²) in [4.78, 5) is 18.7. The molecule has 0 spiro atoms. The molecule has 0 amide bonds. The number of rotatable bonds is 3. The van der Waals surface area contributed by atoms with E-state index in [1.54, 1.807) is 0 Å². The fourth-order valence-corrected chi connectivity index (χ4v) is 1.26. The summed E-state index contributed by atoms with van der Waals surface area (Å²) < 4.78 is 0. The van der Waals surface area contributed by atoms with Gasteiger partial charge in [-0.05, 0) is 18.2 Å². The Kier molecular flexibility index (Phi) is 8.91. The third-order valence-electron chi connectivity index (χ3n) is 2.14. The number of aromatic hydroxyl groups is 1. The van der Waals surface area contributed by atoms with Crippen LogP contribution in [0.25, 0.3) is 11.4 Å². The molecule has 0 saturated heterocycles. The maximum atomic E-state index is 10.8. The van der Waals surface area contributed by atoms with Crippen molar-refractivity contribution in [1.29, 1.82) is 0 Å². The summed E-state index contributed by atoms with van der Waals surface area (Å²) in [6, 6.07) is 5.66. The molecule has 2 aromatic heterocycles. The van der Waals surface area contributed by atoms with Crippen LogP contribution in [0, 0.1) is 0 Å². The maximum Gasteiger partial charge on any atom is 0.335 e. The fourth-order valence-electron chi connectivity index (χ4n) is 1.26. The van der Waals surface area contributed by atoms with Crippen molar-refractivity contribution in [2.24, 2.45) is 0 Å². The predicted octanol–water partition coefficient (Wildman–Crippen LogP) is -0.0195. The molecular weight excluding hydrogens is 328 g/mol. The zero-order chi connectivity index (χ0) is 15.0. The van der Waals surface area contributed by atoms with Gasteiger partial charge in [0.15, 0.2) is 0 Å². The number of aromatic nitrogens is 2. The Morgan fingerprint density at radius 1 is 1.05 bits per heavy atom. The zero-order valence-electron chi connectivity index (χ0n) is 10.9. The third kappa shape index (κ3) is 6.33. The molecule has 0 bridgehead atoms. The van der Waals surface area contributed by atoms with Gasteiger partial charge in [-0.1, -0.05) is 0 Å². The summed E-state index contributed by atoms with van der Waals surface area (Å²) in [6.07, 6.45) is 2.82. The van der Waals surface area contributed by atoms with Crippen molar-refractivity contribution in [2.45, 2.75) is 0 Å². The van der Waals surface area contributed by atoms with Gasteiger partial charge in [-0.2, -0.15) is 0 Å². The van der Waals surface area contributed by atoms with Crippen molar-refractivity contribution in [3.8, 4) is 17.1 Å². The van der Waals surface area contributed by atoms with E-state index in [0.717, 1.165) is 0 Å². The molecule has 0 fully saturated rings. The first-order valence-electron chi connectivity index (χ1n) is 5.72. The molecule has 2 heterocycles. The molecule has 0 unspecified atom stereocenters. The summed E-state index contributed by atoms with van der Waals surface area (Å²) in [5, 5.41) is 30.6. The van der Waals surface area contributed by atoms with Gasteiger partial charge in [-0.15, -0.1) is 0 Å². The van der Waals surface area contributed by atoms with Crippen LogP contribution in [0.5, 0.6) is 5.75 Å². The van der Waals surface area contributed by atoms with E-state index in [1.807, 2.05) is 0 Å². The number of carboxylic acids is 1. The van der Waals surface area contributed by atoms with Crippen molar-refractivity contribution in [1.82, 2.24) is 9.97 Å². The van der Waals surface area contributed by atoms with Crippen LogP contribution >= 0.6 is 0 Å². The molecule has 0 aliphatic heterocycles. The van der Waals surface area contributed by atoms with Crippen molar-refractivity contribution >= 4 is 5.97 Å². The number of hydrogen-bond acceptors (Lipinski definition) is 4. The second kappa shape index (κ2) is 9.84. The van der Waals surface area contributed by atoms with Crippen molar-refractivity contribution in [3.63, 3.8) is 0 Å². The minimum absolute atomic E-state index is 0. The number of hydrogen-bond donors (Lipinski definition) is 2. The van der Waals surface area contributed by atoms with Crippen LogP contribution in [-0.4, -0.2) is 49.6 Å². The average molecular weight is 344 g/mol. The minimum atomic E-state index is -1.02. The Morgan fingerprint density at radius 3 is 2.05 bits per heavy atom. The van der Waals surface area contributed by atoms with Crippen LogP contribution in [0.4, 0.5) is 0 Å². The SMILES string of the molecule is O=C(O)c1ccnc(-c2cc(O)ccn2)c1.[Cu].[OH2+]CC[OH2+]. The summed E-state index contributed by atoms with van der Waals surface area (Å²) in [5.41, 5.74) is 0.981. The molecule has 0 atom stereocenters. The Hall–Kier alpha value is -1.99. The summed E-state index contributed by atoms with van der Waals surface area (Å²) in [7, 11) is 0. The van der Waals surface area contributed by atoms with Crippen LogP contribution in [0.1, 0.15) is 10.4 Å². The van der Waals surface area contributed by atoms with Gasteiger partial charge in [0.05, 0.1) is 17.0 Å². The molecule has 0 aliphatic rings. The Balaban J connectivity index is 0.000000715. The van der Waals surface area contributed by atoms with E-state index in [9.17, 15) is 9.90 Å². The molecule has 2 rings (SSSR count). The molecule has 7 nitrogen and oxygen atoms in total. The standard InChI is InChI=1S/C11H8N2O3.C2H6O2.Cu/c14-8-2-4-13-10(6-8)9-5-7(11(15)16)1-3-12-9;3-1-2-4;/h1-6H,(H,13,14)(H,15,16);3-4H,1-2H2;/p+2. The molecule has 0 saturated carbocycles. The second-order valence-electron chi connectivity index (χ2n) is 3.63. The fraction of sp³-hybridized carbons (Fsp3) is 0.154. The van der Waals surface area contributed by atoms with Gasteiger partial charge in [0.2, 0.25) is 13.2 Å². The van der Waals surface area contributed by atoms with Crippen molar-refractivity contribution in [3.05, 3.63) is 42.2 Å². The van der Waals surface area contributed by atoms with Gasteiger partial charge in [0.1, 0.15) is 5.75 Å². The van der Waals surface area contributed by atoms with Crippen LogP contribution in [0.15, 0.2) is 36.7 Å². The monoisotopic (exact) mass is 343 g/mol. The molecular formula is C13H16CuN2O5+2. The number of carbonyl (C=O) groups is 1. The molecule has 0 aromatic carbocycles. The van der Waals surface area contributed by atoms with Crippen molar-refractivity contribution in [2.75, 3.05) is 13.2 Å². The number of carboxylic acid groups (broad SMARTS) is 1. The molecule has 8 heteroatoms. The molecule has 6 N–H and O–H groups in total. The largest absolute Gasteiger partial charge is 0.508 e. The second-order valence-corrected chi connectivity index (χ2v) is 3.63. The van der Waals surface area contributed by atoms with E-state index in [0.29, 0.717) is 11.4 Å². The molecule has 2 aromatic rings. The predicted molar refractivity (Wildman–Crippen MR) is 73.1 cm³/mol. The Bertz CT molecular complexity index is 578. The third-order valence-corrected chi connectivity index (χ3v) is 2.14. The van der Waals surface area contributed by atoms with Crippen LogP contribution in [0.2, 0.25) is 0 Å². The normalized spacial score (nSPS) is 9.05. The van der Waals surface area contributed by atoms with Gasteiger partial charge in [0, 0.05) is 35.5 Å².